The first kappa shape index (κ1) is 12.3. The molecule has 2 rings (SSSR count). The van der Waals surface area contributed by atoms with Gasteiger partial charge in [0.25, 0.3) is 0 Å². The van der Waals surface area contributed by atoms with Crippen molar-refractivity contribution < 1.29 is 5.11 Å². The standard InChI is InChI=1S/C16H15NO/c1-12-3-7-14(8-4-12)16(2,18)15-9-5-13(11-17)6-10-15/h3-10,18H,1-2H3. The molecule has 0 spiro atoms. The quantitative estimate of drug-likeness (QED) is 0.872. The number of aliphatic hydroxyl groups is 1. The van der Waals surface area contributed by atoms with Gasteiger partial charge in [0.15, 0.2) is 0 Å². The van der Waals surface area contributed by atoms with Gasteiger partial charge in [0.2, 0.25) is 0 Å². The van der Waals surface area contributed by atoms with Crippen molar-refractivity contribution in [3.8, 4) is 6.07 Å². The average molecular weight is 237 g/mol. The third-order valence-electron chi connectivity index (χ3n) is 3.19. The zero-order valence-corrected chi connectivity index (χ0v) is 10.5. The topological polar surface area (TPSA) is 44.0 Å². The van der Waals surface area contributed by atoms with Gasteiger partial charge in [0, 0.05) is 0 Å². The molecule has 0 bridgehead atoms. The predicted molar refractivity (Wildman–Crippen MR) is 71.0 cm³/mol. The molecule has 1 N–H and O–H groups in total. The molecule has 1 atom stereocenters. The lowest BCUT2D eigenvalue weighted by molar-refractivity contribution is 0.102. The fourth-order valence-corrected chi connectivity index (χ4v) is 1.91. The van der Waals surface area contributed by atoms with Gasteiger partial charge in [0.05, 0.1) is 11.6 Å². The van der Waals surface area contributed by atoms with Gasteiger partial charge < -0.3 is 5.11 Å². The van der Waals surface area contributed by atoms with Gasteiger partial charge in [-0.15, -0.1) is 0 Å². The van der Waals surface area contributed by atoms with E-state index in [9.17, 15) is 5.11 Å². The predicted octanol–water partition coefficient (Wildman–Crippen LogP) is 3.12. The Balaban J connectivity index is 2.40. The molecular weight excluding hydrogens is 222 g/mol. The molecule has 0 heterocycles. The highest BCUT2D eigenvalue weighted by Gasteiger charge is 2.25. The Morgan fingerprint density at radius 2 is 1.39 bits per heavy atom. The number of nitriles is 1. The van der Waals surface area contributed by atoms with E-state index < -0.39 is 5.60 Å². The summed E-state index contributed by atoms with van der Waals surface area (Å²) >= 11 is 0. The van der Waals surface area contributed by atoms with Crippen LogP contribution in [0.1, 0.15) is 29.2 Å². The summed E-state index contributed by atoms with van der Waals surface area (Å²) < 4.78 is 0. The molecule has 0 radical (unpaired) electrons. The maximum atomic E-state index is 10.6. The maximum absolute atomic E-state index is 10.6. The van der Waals surface area contributed by atoms with Crippen LogP contribution in [0.5, 0.6) is 0 Å². The van der Waals surface area contributed by atoms with Crippen LogP contribution in [0.15, 0.2) is 48.5 Å². The molecule has 0 saturated carbocycles. The van der Waals surface area contributed by atoms with Gasteiger partial charge in [-0.1, -0.05) is 42.0 Å². The summed E-state index contributed by atoms with van der Waals surface area (Å²) in [5.74, 6) is 0. The van der Waals surface area contributed by atoms with E-state index in [1.165, 1.54) is 0 Å². The third kappa shape index (κ3) is 2.27. The Kier molecular flexibility index (Phi) is 3.18. The molecule has 0 fully saturated rings. The second-order valence-electron chi connectivity index (χ2n) is 4.63. The monoisotopic (exact) mass is 237 g/mol. The molecule has 0 aliphatic rings. The molecule has 2 heteroatoms. The van der Waals surface area contributed by atoms with Gasteiger partial charge in [-0.3, -0.25) is 0 Å². The molecule has 2 aromatic rings. The van der Waals surface area contributed by atoms with Gasteiger partial charge in [-0.05, 0) is 37.1 Å². The van der Waals surface area contributed by atoms with E-state index in [0.717, 1.165) is 16.7 Å². The molecule has 1 unspecified atom stereocenters. The van der Waals surface area contributed by atoms with Crippen molar-refractivity contribution >= 4 is 0 Å². The molecule has 90 valence electrons. The lowest BCUT2D eigenvalue weighted by Gasteiger charge is -2.24. The summed E-state index contributed by atoms with van der Waals surface area (Å²) in [6.45, 7) is 3.78. The van der Waals surface area contributed by atoms with Crippen LogP contribution in [0.25, 0.3) is 0 Å². The highest BCUT2D eigenvalue weighted by atomic mass is 16.3. The first-order chi connectivity index (χ1) is 8.54. The minimum atomic E-state index is -1.04. The van der Waals surface area contributed by atoms with E-state index in [2.05, 4.69) is 6.07 Å². The fraction of sp³-hybridized carbons (Fsp3) is 0.188. The van der Waals surface area contributed by atoms with E-state index in [-0.39, 0.29) is 0 Å². The zero-order valence-electron chi connectivity index (χ0n) is 10.5. The molecular formula is C16H15NO. The van der Waals surface area contributed by atoms with Crippen molar-refractivity contribution in [3.05, 3.63) is 70.8 Å². The summed E-state index contributed by atoms with van der Waals surface area (Å²) in [5.41, 5.74) is 2.35. The van der Waals surface area contributed by atoms with Crippen molar-refractivity contribution in [2.24, 2.45) is 0 Å². The van der Waals surface area contributed by atoms with E-state index in [1.807, 2.05) is 31.2 Å². The van der Waals surface area contributed by atoms with Crippen molar-refractivity contribution in [1.82, 2.24) is 0 Å². The van der Waals surface area contributed by atoms with Crippen LogP contribution in [-0.4, -0.2) is 5.11 Å². The minimum Gasteiger partial charge on any atom is -0.381 e. The Morgan fingerprint density at radius 1 is 0.944 bits per heavy atom. The van der Waals surface area contributed by atoms with Crippen LogP contribution in [0, 0.1) is 18.3 Å². The molecule has 0 saturated heterocycles. The van der Waals surface area contributed by atoms with E-state index >= 15 is 0 Å². The molecule has 0 aromatic heterocycles. The summed E-state index contributed by atoms with van der Waals surface area (Å²) in [4.78, 5) is 0. The normalized spacial score (nSPS) is 13.7. The maximum Gasteiger partial charge on any atom is 0.112 e. The number of rotatable bonds is 2. The van der Waals surface area contributed by atoms with E-state index in [0.29, 0.717) is 5.56 Å². The number of aryl methyl sites for hydroxylation is 1. The van der Waals surface area contributed by atoms with Crippen molar-refractivity contribution in [2.45, 2.75) is 19.4 Å². The first-order valence-electron chi connectivity index (χ1n) is 5.84. The van der Waals surface area contributed by atoms with Gasteiger partial charge >= 0.3 is 0 Å². The SMILES string of the molecule is Cc1ccc(C(C)(O)c2ccc(C#N)cc2)cc1. The van der Waals surface area contributed by atoms with Crippen LogP contribution < -0.4 is 0 Å². The first-order valence-corrected chi connectivity index (χ1v) is 5.84. The van der Waals surface area contributed by atoms with Gasteiger partial charge in [-0.25, -0.2) is 0 Å². The Labute approximate surface area is 107 Å². The molecule has 2 aromatic carbocycles. The van der Waals surface area contributed by atoms with Crippen LogP contribution in [0.2, 0.25) is 0 Å². The molecule has 0 aliphatic heterocycles. The lowest BCUT2D eigenvalue weighted by atomic mass is 9.87. The zero-order chi connectivity index (χ0) is 13.2. The largest absolute Gasteiger partial charge is 0.381 e. The number of benzene rings is 2. The van der Waals surface area contributed by atoms with Crippen molar-refractivity contribution in [2.75, 3.05) is 0 Å². The van der Waals surface area contributed by atoms with E-state index in [1.54, 1.807) is 31.2 Å². The van der Waals surface area contributed by atoms with Crippen molar-refractivity contribution in [1.29, 1.82) is 5.26 Å². The van der Waals surface area contributed by atoms with Crippen LogP contribution in [-0.2, 0) is 5.60 Å². The smallest absolute Gasteiger partial charge is 0.112 e. The number of hydrogen-bond acceptors (Lipinski definition) is 2. The molecule has 18 heavy (non-hydrogen) atoms. The molecule has 0 aliphatic carbocycles. The summed E-state index contributed by atoms with van der Waals surface area (Å²) in [5, 5.41) is 19.4. The summed E-state index contributed by atoms with van der Waals surface area (Å²) in [6, 6.07) is 16.9. The summed E-state index contributed by atoms with van der Waals surface area (Å²) in [7, 11) is 0. The Bertz CT molecular complexity index is 574. The van der Waals surface area contributed by atoms with E-state index in [4.69, 9.17) is 5.26 Å². The second kappa shape index (κ2) is 4.64. The minimum absolute atomic E-state index is 0.596. The van der Waals surface area contributed by atoms with Crippen LogP contribution >= 0.6 is 0 Å². The number of nitrogens with zero attached hydrogens (tertiary/aromatic N) is 1. The second-order valence-corrected chi connectivity index (χ2v) is 4.63. The Morgan fingerprint density at radius 3 is 1.83 bits per heavy atom. The average Bonchev–Trinajstić information content (AvgIpc) is 2.39. The fourth-order valence-electron chi connectivity index (χ4n) is 1.91. The Hall–Kier alpha value is -2.11. The van der Waals surface area contributed by atoms with Crippen LogP contribution in [0.4, 0.5) is 0 Å². The number of hydrogen-bond donors (Lipinski definition) is 1. The van der Waals surface area contributed by atoms with Gasteiger partial charge in [0.1, 0.15) is 5.60 Å². The third-order valence-corrected chi connectivity index (χ3v) is 3.19. The molecule has 2 nitrogen and oxygen atoms in total. The van der Waals surface area contributed by atoms with Crippen molar-refractivity contribution in [3.63, 3.8) is 0 Å². The highest BCUT2D eigenvalue weighted by Crippen LogP contribution is 2.29. The highest BCUT2D eigenvalue weighted by molar-refractivity contribution is 5.39. The molecule has 0 amide bonds. The summed E-state index contributed by atoms with van der Waals surface area (Å²) in [6.07, 6.45) is 0. The lowest BCUT2D eigenvalue weighted by Crippen LogP contribution is -2.22. The van der Waals surface area contributed by atoms with Gasteiger partial charge in [-0.2, -0.15) is 5.26 Å². The van der Waals surface area contributed by atoms with Crippen LogP contribution in [0.3, 0.4) is 0 Å².